The predicted octanol–water partition coefficient (Wildman–Crippen LogP) is 5.01. The van der Waals surface area contributed by atoms with E-state index in [4.69, 9.17) is 0 Å². The Morgan fingerprint density at radius 3 is 2.24 bits per heavy atom. The Morgan fingerprint density at radius 1 is 1.04 bits per heavy atom. The van der Waals surface area contributed by atoms with Crippen molar-refractivity contribution >= 4 is 23.4 Å². The van der Waals surface area contributed by atoms with E-state index in [1.807, 2.05) is 0 Å². The number of aromatic nitrogens is 1. The van der Waals surface area contributed by atoms with Crippen molar-refractivity contribution in [2.45, 2.75) is 17.4 Å². The lowest BCUT2D eigenvalue weighted by Crippen LogP contribution is -2.15. The van der Waals surface area contributed by atoms with E-state index < -0.39 is 29.6 Å². The number of carbonyl (C=O) groups is 1. The summed E-state index contributed by atoms with van der Waals surface area (Å²) in [6, 6.07) is 6.35. The third-order valence-corrected chi connectivity index (χ3v) is 3.93. The normalized spacial score (nSPS) is 12.1. The fourth-order valence-corrected chi connectivity index (χ4v) is 2.52. The van der Waals surface area contributed by atoms with E-state index in [1.165, 1.54) is 18.3 Å². The Morgan fingerprint density at radius 2 is 1.68 bits per heavy atom. The molecule has 0 atom stereocenters. The van der Waals surface area contributed by atoms with Gasteiger partial charge in [0.15, 0.2) is 0 Å². The third kappa shape index (κ3) is 5.66. The minimum absolute atomic E-state index is 0.0774. The molecule has 0 unspecified atom stereocenters. The van der Waals surface area contributed by atoms with Gasteiger partial charge in [0.25, 0.3) is 5.91 Å². The number of thioether (sulfide) groups is 1. The molecule has 0 saturated heterocycles. The lowest BCUT2D eigenvalue weighted by molar-refractivity contribution is -0.137. The number of anilines is 1. The molecule has 0 aliphatic heterocycles. The molecule has 134 valence electrons. The van der Waals surface area contributed by atoms with Gasteiger partial charge in [-0.3, -0.25) is 4.79 Å². The van der Waals surface area contributed by atoms with E-state index in [9.17, 15) is 31.1 Å². The maximum absolute atomic E-state index is 12.5. The molecule has 1 aromatic heterocycles. The van der Waals surface area contributed by atoms with Gasteiger partial charge in [0.1, 0.15) is 5.03 Å². The standard InChI is InChI=1S/C15H10F6N2OS/c16-14(17,18)8-25-13-11(2-1-7-22-13)12(24)23-10-5-3-9(4-6-10)15(19,20)21/h1-7H,8H2,(H,23,24). The molecule has 0 radical (unpaired) electrons. The van der Waals surface area contributed by atoms with Crippen LogP contribution in [-0.2, 0) is 6.18 Å². The summed E-state index contributed by atoms with van der Waals surface area (Å²) in [5.74, 6) is -1.98. The molecule has 2 rings (SSSR count). The molecule has 2 aromatic rings. The van der Waals surface area contributed by atoms with Crippen molar-refractivity contribution in [2.24, 2.45) is 0 Å². The number of alkyl halides is 6. The van der Waals surface area contributed by atoms with Crippen molar-refractivity contribution in [2.75, 3.05) is 11.1 Å². The fourth-order valence-electron chi connectivity index (χ4n) is 1.77. The van der Waals surface area contributed by atoms with Crippen molar-refractivity contribution in [3.05, 3.63) is 53.7 Å². The molecule has 0 aliphatic carbocycles. The number of halogens is 6. The third-order valence-electron chi connectivity index (χ3n) is 2.86. The van der Waals surface area contributed by atoms with Crippen LogP contribution in [0.3, 0.4) is 0 Å². The minimum atomic E-state index is -4.51. The van der Waals surface area contributed by atoms with Gasteiger partial charge in [-0.15, -0.1) is 0 Å². The van der Waals surface area contributed by atoms with Crippen LogP contribution in [0.2, 0.25) is 0 Å². The van der Waals surface area contributed by atoms with Crippen LogP contribution < -0.4 is 5.32 Å². The van der Waals surface area contributed by atoms with Crippen LogP contribution in [0, 0.1) is 0 Å². The van der Waals surface area contributed by atoms with Crippen molar-refractivity contribution < 1.29 is 31.1 Å². The van der Waals surface area contributed by atoms with Crippen molar-refractivity contribution in [1.82, 2.24) is 4.98 Å². The molecular formula is C15H10F6N2OS. The average Bonchev–Trinajstić information content (AvgIpc) is 2.52. The second-order valence-electron chi connectivity index (χ2n) is 4.79. The summed E-state index contributed by atoms with van der Waals surface area (Å²) >= 11 is 0.353. The number of nitrogens with one attached hydrogen (secondary N) is 1. The van der Waals surface area contributed by atoms with Crippen LogP contribution in [0.15, 0.2) is 47.6 Å². The zero-order valence-electron chi connectivity index (χ0n) is 12.3. The van der Waals surface area contributed by atoms with Gasteiger partial charge in [-0.05, 0) is 36.4 Å². The van der Waals surface area contributed by atoms with Crippen LogP contribution >= 0.6 is 11.8 Å². The summed E-state index contributed by atoms with van der Waals surface area (Å²) in [5, 5.41) is 2.21. The summed E-state index contributed by atoms with van der Waals surface area (Å²) in [6.07, 6.45) is -7.69. The zero-order valence-corrected chi connectivity index (χ0v) is 13.1. The number of amides is 1. The van der Waals surface area contributed by atoms with Crippen LogP contribution in [0.5, 0.6) is 0 Å². The topological polar surface area (TPSA) is 42.0 Å². The van der Waals surface area contributed by atoms with E-state index in [-0.39, 0.29) is 16.3 Å². The molecule has 0 bridgehead atoms. The SMILES string of the molecule is O=C(Nc1ccc(C(F)(F)F)cc1)c1cccnc1SCC(F)(F)F. The molecule has 1 N–H and O–H groups in total. The van der Waals surface area contributed by atoms with Crippen molar-refractivity contribution in [3.8, 4) is 0 Å². The van der Waals surface area contributed by atoms with Crippen LogP contribution in [-0.4, -0.2) is 22.8 Å². The summed E-state index contributed by atoms with van der Waals surface area (Å²) in [4.78, 5) is 15.9. The number of carbonyl (C=O) groups excluding carboxylic acids is 1. The highest BCUT2D eigenvalue weighted by Crippen LogP contribution is 2.31. The molecule has 10 heteroatoms. The number of rotatable bonds is 4. The first-order valence-corrected chi connectivity index (χ1v) is 7.68. The number of hydrogen-bond donors (Lipinski definition) is 1. The van der Waals surface area contributed by atoms with E-state index in [0.29, 0.717) is 11.8 Å². The van der Waals surface area contributed by atoms with Gasteiger partial charge < -0.3 is 5.32 Å². The fraction of sp³-hybridized carbons (Fsp3) is 0.200. The van der Waals surface area contributed by atoms with Crippen LogP contribution in [0.25, 0.3) is 0 Å². The minimum Gasteiger partial charge on any atom is -0.322 e. The van der Waals surface area contributed by atoms with Gasteiger partial charge in [-0.25, -0.2) is 4.98 Å². The van der Waals surface area contributed by atoms with Gasteiger partial charge in [-0.1, -0.05) is 11.8 Å². The Bertz CT molecular complexity index is 743. The molecule has 0 fully saturated rings. The molecule has 0 saturated carbocycles. The number of pyridine rings is 1. The number of hydrogen-bond acceptors (Lipinski definition) is 3. The number of nitrogens with zero attached hydrogens (tertiary/aromatic N) is 1. The quantitative estimate of drug-likeness (QED) is 0.599. The Labute approximate surface area is 142 Å². The second-order valence-corrected chi connectivity index (χ2v) is 5.75. The largest absolute Gasteiger partial charge is 0.416 e. The summed E-state index contributed by atoms with van der Waals surface area (Å²) in [5.41, 5.74) is -0.904. The molecule has 0 aliphatic rings. The highest BCUT2D eigenvalue weighted by Gasteiger charge is 2.30. The smallest absolute Gasteiger partial charge is 0.322 e. The molecular weight excluding hydrogens is 370 g/mol. The summed E-state index contributed by atoms with van der Waals surface area (Å²) < 4.78 is 74.4. The maximum Gasteiger partial charge on any atom is 0.416 e. The average molecular weight is 380 g/mol. The molecule has 1 amide bonds. The van der Waals surface area contributed by atoms with E-state index >= 15 is 0 Å². The van der Waals surface area contributed by atoms with E-state index in [2.05, 4.69) is 10.3 Å². The molecule has 25 heavy (non-hydrogen) atoms. The highest BCUT2D eigenvalue weighted by molar-refractivity contribution is 7.99. The predicted molar refractivity (Wildman–Crippen MR) is 80.4 cm³/mol. The molecule has 3 nitrogen and oxygen atoms in total. The van der Waals surface area contributed by atoms with Crippen molar-refractivity contribution in [3.63, 3.8) is 0 Å². The Hall–Kier alpha value is -2.23. The van der Waals surface area contributed by atoms with Gasteiger partial charge in [-0.2, -0.15) is 26.3 Å². The first-order chi connectivity index (χ1) is 11.6. The van der Waals surface area contributed by atoms with E-state index in [0.717, 1.165) is 24.3 Å². The lowest BCUT2D eigenvalue weighted by atomic mass is 10.2. The summed E-state index contributed by atoms with van der Waals surface area (Å²) in [6.45, 7) is 0. The highest BCUT2D eigenvalue weighted by atomic mass is 32.2. The van der Waals surface area contributed by atoms with Gasteiger partial charge in [0, 0.05) is 11.9 Å². The first kappa shape index (κ1) is 19.1. The van der Waals surface area contributed by atoms with Gasteiger partial charge in [0.05, 0.1) is 16.9 Å². The van der Waals surface area contributed by atoms with E-state index in [1.54, 1.807) is 0 Å². The monoisotopic (exact) mass is 380 g/mol. The second kappa shape index (κ2) is 7.34. The first-order valence-electron chi connectivity index (χ1n) is 6.69. The zero-order chi connectivity index (χ0) is 18.7. The van der Waals surface area contributed by atoms with Crippen molar-refractivity contribution in [1.29, 1.82) is 0 Å². The van der Waals surface area contributed by atoms with Gasteiger partial charge >= 0.3 is 12.4 Å². The van der Waals surface area contributed by atoms with Crippen LogP contribution in [0.1, 0.15) is 15.9 Å². The van der Waals surface area contributed by atoms with Crippen LogP contribution in [0.4, 0.5) is 32.0 Å². The maximum atomic E-state index is 12.5. The number of benzene rings is 1. The molecule has 0 spiro atoms. The Kier molecular flexibility index (Phi) is 5.61. The lowest BCUT2D eigenvalue weighted by Gasteiger charge is -2.11. The van der Waals surface area contributed by atoms with Gasteiger partial charge in [0.2, 0.25) is 0 Å². The molecule has 1 heterocycles. The molecule has 1 aromatic carbocycles. The Balaban J connectivity index is 2.13. The summed E-state index contributed by atoms with van der Waals surface area (Å²) in [7, 11) is 0.